The van der Waals surface area contributed by atoms with Gasteiger partial charge in [0.15, 0.2) is 0 Å². The lowest BCUT2D eigenvalue weighted by Gasteiger charge is -2.18. The fraction of sp³-hybridized carbons (Fsp3) is 0.600. The van der Waals surface area contributed by atoms with Gasteiger partial charge in [-0.1, -0.05) is 32.4 Å². The average molecular weight is 249 g/mol. The topological polar surface area (TPSA) is 12.0 Å². The zero-order chi connectivity index (χ0) is 12.1. The molecular weight excluding hydrogens is 226 g/mol. The van der Waals surface area contributed by atoms with Crippen LogP contribution < -0.4 is 5.32 Å². The second-order valence-electron chi connectivity index (χ2n) is 4.92. The smallest absolute Gasteiger partial charge is 0.0385 e. The Morgan fingerprint density at radius 3 is 2.65 bits per heavy atom. The average Bonchev–Trinajstić information content (AvgIpc) is 2.74. The highest BCUT2D eigenvalue weighted by Gasteiger charge is 2.23. The molecule has 1 fully saturated rings. The van der Waals surface area contributed by atoms with Crippen molar-refractivity contribution in [2.24, 2.45) is 0 Å². The first-order chi connectivity index (χ1) is 8.29. The molecule has 1 aromatic carbocycles. The van der Waals surface area contributed by atoms with Crippen LogP contribution in [0.25, 0.3) is 0 Å². The normalized spacial score (nSPS) is 23.9. The third kappa shape index (κ3) is 3.67. The fourth-order valence-corrected chi connectivity index (χ4v) is 3.48. The van der Waals surface area contributed by atoms with Gasteiger partial charge in [-0.05, 0) is 42.7 Å². The highest BCUT2D eigenvalue weighted by molar-refractivity contribution is 8.00. The van der Waals surface area contributed by atoms with Crippen molar-refractivity contribution in [3.63, 3.8) is 0 Å². The number of nitrogens with one attached hydrogen (secondary N) is 1. The van der Waals surface area contributed by atoms with Gasteiger partial charge in [0.1, 0.15) is 0 Å². The summed E-state index contributed by atoms with van der Waals surface area (Å²) in [5.41, 5.74) is 2.75. The summed E-state index contributed by atoms with van der Waals surface area (Å²) in [6.07, 6.45) is 5.08. The van der Waals surface area contributed by atoms with Gasteiger partial charge in [0, 0.05) is 17.0 Å². The van der Waals surface area contributed by atoms with Crippen molar-refractivity contribution in [2.45, 2.75) is 50.8 Å². The molecule has 0 bridgehead atoms. The van der Waals surface area contributed by atoms with Crippen molar-refractivity contribution in [2.75, 3.05) is 11.1 Å². The molecule has 2 heteroatoms. The molecule has 1 N–H and O–H groups in total. The first-order valence-electron chi connectivity index (χ1n) is 6.76. The van der Waals surface area contributed by atoms with Gasteiger partial charge in [-0.15, -0.1) is 0 Å². The Morgan fingerprint density at radius 2 is 2.06 bits per heavy atom. The van der Waals surface area contributed by atoms with Gasteiger partial charge in [-0.3, -0.25) is 0 Å². The molecule has 0 amide bonds. The monoisotopic (exact) mass is 249 g/mol. The second-order valence-corrected chi connectivity index (χ2v) is 6.40. The molecule has 0 aromatic heterocycles. The number of benzene rings is 1. The minimum Gasteiger partial charge on any atom is -0.381 e. The molecule has 17 heavy (non-hydrogen) atoms. The number of hydrogen-bond donors (Lipinski definition) is 1. The Hall–Kier alpha value is -0.630. The van der Waals surface area contributed by atoms with E-state index in [1.807, 2.05) is 0 Å². The lowest BCUT2D eigenvalue weighted by molar-refractivity contribution is 0.724. The summed E-state index contributed by atoms with van der Waals surface area (Å²) in [6, 6.07) is 9.66. The summed E-state index contributed by atoms with van der Waals surface area (Å²) >= 11 is 2.08. The highest BCUT2D eigenvalue weighted by atomic mass is 32.2. The summed E-state index contributed by atoms with van der Waals surface area (Å²) < 4.78 is 0. The van der Waals surface area contributed by atoms with Gasteiger partial charge in [0.25, 0.3) is 0 Å². The maximum Gasteiger partial charge on any atom is 0.0385 e. The Morgan fingerprint density at radius 1 is 1.29 bits per heavy atom. The molecule has 0 aliphatic carbocycles. The molecule has 1 saturated heterocycles. The van der Waals surface area contributed by atoms with Crippen molar-refractivity contribution in [3.05, 3.63) is 29.8 Å². The minimum atomic E-state index is 0.654. The van der Waals surface area contributed by atoms with Crippen molar-refractivity contribution in [1.82, 2.24) is 0 Å². The summed E-state index contributed by atoms with van der Waals surface area (Å²) in [5.74, 6) is 1.30. The van der Waals surface area contributed by atoms with Crippen LogP contribution in [0.15, 0.2) is 24.3 Å². The van der Waals surface area contributed by atoms with Gasteiger partial charge < -0.3 is 5.32 Å². The van der Waals surface area contributed by atoms with Crippen molar-refractivity contribution >= 4 is 17.4 Å². The lowest BCUT2D eigenvalue weighted by atomic mass is 10.1. The number of hydrogen-bond acceptors (Lipinski definition) is 2. The van der Waals surface area contributed by atoms with Crippen LogP contribution in [0, 0.1) is 0 Å². The number of anilines is 1. The molecule has 1 aliphatic rings. The summed E-state index contributed by atoms with van der Waals surface area (Å²) in [6.45, 7) is 4.57. The Bertz CT molecular complexity index is 333. The maximum absolute atomic E-state index is 3.65. The van der Waals surface area contributed by atoms with E-state index in [4.69, 9.17) is 0 Å². The predicted octanol–water partition coefficient (Wildman–Crippen LogP) is 4.34. The molecule has 2 atom stereocenters. The van der Waals surface area contributed by atoms with Gasteiger partial charge in [0.05, 0.1) is 0 Å². The molecule has 0 spiro atoms. The largest absolute Gasteiger partial charge is 0.381 e. The van der Waals surface area contributed by atoms with Crippen LogP contribution in [-0.2, 0) is 6.42 Å². The van der Waals surface area contributed by atoms with Crippen LogP contribution in [0.4, 0.5) is 5.69 Å². The Labute approximate surface area is 109 Å². The van der Waals surface area contributed by atoms with Crippen molar-refractivity contribution in [3.8, 4) is 0 Å². The molecular formula is C15H23NS. The molecule has 1 heterocycles. The first-order valence-corrected chi connectivity index (χ1v) is 7.81. The molecule has 94 valence electrons. The van der Waals surface area contributed by atoms with E-state index in [9.17, 15) is 0 Å². The highest BCUT2D eigenvalue weighted by Crippen LogP contribution is 2.28. The van der Waals surface area contributed by atoms with E-state index in [1.165, 1.54) is 42.7 Å². The van der Waals surface area contributed by atoms with Crippen LogP contribution in [0.1, 0.15) is 38.7 Å². The van der Waals surface area contributed by atoms with E-state index < -0.39 is 0 Å². The van der Waals surface area contributed by atoms with E-state index >= 15 is 0 Å². The molecule has 1 aromatic rings. The molecule has 1 nitrogen and oxygen atoms in total. The third-order valence-corrected chi connectivity index (χ3v) is 4.83. The summed E-state index contributed by atoms with van der Waals surface area (Å²) in [5, 5.41) is 4.40. The zero-order valence-electron chi connectivity index (χ0n) is 10.9. The number of aryl methyl sites for hydroxylation is 1. The van der Waals surface area contributed by atoms with Crippen LogP contribution in [0.5, 0.6) is 0 Å². The minimum absolute atomic E-state index is 0.654. The summed E-state index contributed by atoms with van der Waals surface area (Å²) in [7, 11) is 0. The Balaban J connectivity index is 1.89. The standard InChI is InChI=1S/C15H23NS/c1-3-4-5-13-6-8-14(9-7-13)16-15-10-11-17-12(15)2/h6-9,12,15-16H,3-5,10-11H2,1-2H3. The van der Waals surface area contributed by atoms with Crippen LogP contribution in [-0.4, -0.2) is 17.0 Å². The first kappa shape index (κ1) is 12.8. The SMILES string of the molecule is CCCCc1ccc(NC2CCSC2C)cc1. The third-order valence-electron chi connectivity index (χ3n) is 3.50. The van der Waals surface area contributed by atoms with Gasteiger partial charge in [-0.25, -0.2) is 0 Å². The lowest BCUT2D eigenvalue weighted by Crippen LogP contribution is -2.24. The maximum atomic E-state index is 3.65. The number of unbranched alkanes of at least 4 members (excludes halogenated alkanes) is 1. The van der Waals surface area contributed by atoms with E-state index in [0.29, 0.717) is 6.04 Å². The van der Waals surface area contributed by atoms with E-state index in [2.05, 4.69) is 55.2 Å². The molecule has 2 unspecified atom stereocenters. The van der Waals surface area contributed by atoms with Gasteiger partial charge in [0.2, 0.25) is 0 Å². The molecule has 1 aliphatic heterocycles. The predicted molar refractivity (Wildman–Crippen MR) is 79.0 cm³/mol. The molecule has 0 radical (unpaired) electrons. The Kier molecular flexibility index (Phi) is 4.78. The second kappa shape index (κ2) is 6.34. The van der Waals surface area contributed by atoms with Crippen LogP contribution >= 0.6 is 11.8 Å². The van der Waals surface area contributed by atoms with E-state index in [-0.39, 0.29) is 0 Å². The van der Waals surface area contributed by atoms with Crippen LogP contribution in [0.2, 0.25) is 0 Å². The van der Waals surface area contributed by atoms with Crippen molar-refractivity contribution in [1.29, 1.82) is 0 Å². The fourth-order valence-electron chi connectivity index (χ4n) is 2.28. The van der Waals surface area contributed by atoms with Gasteiger partial charge in [-0.2, -0.15) is 11.8 Å². The van der Waals surface area contributed by atoms with Gasteiger partial charge >= 0.3 is 0 Å². The number of rotatable bonds is 5. The van der Waals surface area contributed by atoms with Crippen molar-refractivity contribution < 1.29 is 0 Å². The van der Waals surface area contributed by atoms with Crippen LogP contribution in [0.3, 0.4) is 0 Å². The molecule has 0 saturated carbocycles. The van der Waals surface area contributed by atoms with E-state index in [1.54, 1.807) is 0 Å². The number of thioether (sulfide) groups is 1. The quantitative estimate of drug-likeness (QED) is 0.833. The van der Waals surface area contributed by atoms with E-state index in [0.717, 1.165) is 5.25 Å². The summed E-state index contributed by atoms with van der Waals surface area (Å²) in [4.78, 5) is 0. The zero-order valence-corrected chi connectivity index (χ0v) is 11.7. The molecule has 2 rings (SSSR count).